The van der Waals surface area contributed by atoms with Gasteiger partial charge in [-0.05, 0) is 38.1 Å². The summed E-state index contributed by atoms with van der Waals surface area (Å²) in [6, 6.07) is 13.5. The highest BCUT2D eigenvalue weighted by atomic mass is 16.5. The lowest BCUT2D eigenvalue weighted by molar-refractivity contribution is 0.340. The number of anilines is 3. The lowest BCUT2D eigenvalue weighted by Gasteiger charge is -2.13. The summed E-state index contributed by atoms with van der Waals surface area (Å²) in [6.45, 7) is 5.13. The maximum Gasteiger partial charge on any atom is 0.144 e. The molecule has 0 spiro atoms. The summed E-state index contributed by atoms with van der Waals surface area (Å²) in [5.74, 6) is 1.52. The number of nitrogens with one attached hydrogen (secondary N) is 1. The SMILES string of the molecule is CCOc1cccc(Nc2cccc(OCC)c2N)c1. The summed E-state index contributed by atoms with van der Waals surface area (Å²) < 4.78 is 11.0. The minimum Gasteiger partial charge on any atom is -0.494 e. The summed E-state index contributed by atoms with van der Waals surface area (Å²) in [5.41, 5.74) is 8.45. The Bertz CT molecular complexity index is 570. The van der Waals surface area contributed by atoms with Crippen molar-refractivity contribution in [3.63, 3.8) is 0 Å². The van der Waals surface area contributed by atoms with Crippen molar-refractivity contribution in [2.45, 2.75) is 13.8 Å². The fraction of sp³-hybridized carbons (Fsp3) is 0.250. The van der Waals surface area contributed by atoms with Gasteiger partial charge in [-0.25, -0.2) is 0 Å². The first kappa shape index (κ1) is 14.1. The Morgan fingerprint density at radius 2 is 1.75 bits per heavy atom. The first-order valence-corrected chi connectivity index (χ1v) is 6.75. The maximum atomic E-state index is 6.10. The van der Waals surface area contributed by atoms with Crippen LogP contribution in [0.15, 0.2) is 42.5 Å². The fourth-order valence-electron chi connectivity index (χ4n) is 1.92. The molecule has 0 aromatic heterocycles. The van der Waals surface area contributed by atoms with E-state index in [1.165, 1.54) is 0 Å². The topological polar surface area (TPSA) is 56.5 Å². The van der Waals surface area contributed by atoms with E-state index < -0.39 is 0 Å². The Kier molecular flexibility index (Phi) is 4.71. The standard InChI is InChI=1S/C16H20N2O2/c1-3-19-13-8-5-7-12(11-13)18-14-9-6-10-15(16(14)17)20-4-2/h5-11,18H,3-4,17H2,1-2H3. The molecule has 20 heavy (non-hydrogen) atoms. The zero-order chi connectivity index (χ0) is 14.4. The van der Waals surface area contributed by atoms with E-state index in [0.29, 0.717) is 24.7 Å². The normalized spacial score (nSPS) is 10.1. The number of para-hydroxylation sites is 1. The van der Waals surface area contributed by atoms with E-state index >= 15 is 0 Å². The van der Waals surface area contributed by atoms with Crippen LogP contribution >= 0.6 is 0 Å². The predicted molar refractivity (Wildman–Crippen MR) is 82.9 cm³/mol. The highest BCUT2D eigenvalue weighted by molar-refractivity contribution is 5.77. The van der Waals surface area contributed by atoms with E-state index in [9.17, 15) is 0 Å². The van der Waals surface area contributed by atoms with Crippen LogP contribution in [0, 0.1) is 0 Å². The zero-order valence-electron chi connectivity index (χ0n) is 11.8. The lowest BCUT2D eigenvalue weighted by atomic mass is 10.2. The monoisotopic (exact) mass is 272 g/mol. The Morgan fingerprint density at radius 3 is 2.50 bits per heavy atom. The van der Waals surface area contributed by atoms with Gasteiger partial charge in [-0.3, -0.25) is 0 Å². The highest BCUT2D eigenvalue weighted by Gasteiger charge is 2.06. The smallest absolute Gasteiger partial charge is 0.144 e. The van der Waals surface area contributed by atoms with Crippen molar-refractivity contribution in [2.75, 3.05) is 24.3 Å². The van der Waals surface area contributed by atoms with Crippen LogP contribution in [0.5, 0.6) is 11.5 Å². The zero-order valence-corrected chi connectivity index (χ0v) is 11.8. The molecule has 3 N–H and O–H groups in total. The van der Waals surface area contributed by atoms with Crippen molar-refractivity contribution in [1.29, 1.82) is 0 Å². The van der Waals surface area contributed by atoms with Gasteiger partial charge in [0.15, 0.2) is 0 Å². The molecule has 0 aliphatic carbocycles. The summed E-state index contributed by atoms with van der Waals surface area (Å²) in [4.78, 5) is 0. The minimum absolute atomic E-state index is 0.591. The first-order valence-electron chi connectivity index (χ1n) is 6.75. The molecule has 106 valence electrons. The fourth-order valence-corrected chi connectivity index (χ4v) is 1.92. The molecule has 0 saturated carbocycles. The average Bonchev–Trinajstić information content (AvgIpc) is 2.44. The maximum absolute atomic E-state index is 6.10. The Morgan fingerprint density at radius 1 is 1.00 bits per heavy atom. The third-order valence-corrected chi connectivity index (χ3v) is 2.79. The molecule has 0 aliphatic heterocycles. The molecule has 0 atom stereocenters. The molecule has 0 aliphatic rings. The number of nitrogen functional groups attached to an aromatic ring is 1. The molecular weight excluding hydrogens is 252 g/mol. The number of hydrogen-bond donors (Lipinski definition) is 2. The molecule has 2 rings (SSSR count). The second-order valence-corrected chi connectivity index (χ2v) is 4.24. The number of ether oxygens (including phenoxy) is 2. The van der Waals surface area contributed by atoms with Crippen molar-refractivity contribution in [1.82, 2.24) is 0 Å². The van der Waals surface area contributed by atoms with Crippen LogP contribution < -0.4 is 20.5 Å². The van der Waals surface area contributed by atoms with Crippen molar-refractivity contribution < 1.29 is 9.47 Å². The largest absolute Gasteiger partial charge is 0.494 e. The highest BCUT2D eigenvalue weighted by Crippen LogP contribution is 2.32. The van der Waals surface area contributed by atoms with Crippen molar-refractivity contribution >= 4 is 17.1 Å². The summed E-state index contributed by atoms with van der Waals surface area (Å²) in [7, 11) is 0. The van der Waals surface area contributed by atoms with Crippen molar-refractivity contribution in [3.05, 3.63) is 42.5 Å². The molecule has 4 nitrogen and oxygen atoms in total. The van der Waals surface area contributed by atoms with Crippen LogP contribution in [0.3, 0.4) is 0 Å². The van der Waals surface area contributed by atoms with E-state index in [4.69, 9.17) is 15.2 Å². The van der Waals surface area contributed by atoms with E-state index in [0.717, 1.165) is 17.1 Å². The van der Waals surface area contributed by atoms with Gasteiger partial charge in [-0.15, -0.1) is 0 Å². The van der Waals surface area contributed by atoms with Crippen LogP contribution in [0.25, 0.3) is 0 Å². The van der Waals surface area contributed by atoms with Gasteiger partial charge in [0.1, 0.15) is 11.5 Å². The molecule has 0 fully saturated rings. The molecule has 0 bridgehead atoms. The molecule has 0 saturated heterocycles. The summed E-state index contributed by atoms with van der Waals surface area (Å²) >= 11 is 0. The molecule has 2 aromatic rings. The van der Waals surface area contributed by atoms with Crippen LogP contribution in [0.2, 0.25) is 0 Å². The van der Waals surface area contributed by atoms with Gasteiger partial charge >= 0.3 is 0 Å². The lowest BCUT2D eigenvalue weighted by Crippen LogP contribution is -2.01. The van der Waals surface area contributed by atoms with Gasteiger partial charge in [0.25, 0.3) is 0 Å². The Labute approximate surface area is 119 Å². The second-order valence-electron chi connectivity index (χ2n) is 4.24. The van der Waals surface area contributed by atoms with Crippen molar-refractivity contribution in [3.8, 4) is 11.5 Å². The number of rotatable bonds is 6. The van der Waals surface area contributed by atoms with E-state index in [-0.39, 0.29) is 0 Å². The molecule has 4 heteroatoms. The third-order valence-electron chi connectivity index (χ3n) is 2.79. The van der Waals surface area contributed by atoms with Crippen LogP contribution in [0.1, 0.15) is 13.8 Å². The Balaban J connectivity index is 2.21. The number of nitrogens with two attached hydrogens (primary N) is 1. The summed E-state index contributed by atoms with van der Waals surface area (Å²) in [5, 5.41) is 3.28. The molecule has 0 unspecified atom stereocenters. The molecule has 0 radical (unpaired) electrons. The second kappa shape index (κ2) is 6.70. The Hall–Kier alpha value is -2.36. The summed E-state index contributed by atoms with van der Waals surface area (Å²) in [6.07, 6.45) is 0. The van der Waals surface area contributed by atoms with Gasteiger partial charge in [0, 0.05) is 11.8 Å². The first-order chi connectivity index (χ1) is 9.74. The molecular formula is C16H20N2O2. The average molecular weight is 272 g/mol. The van der Waals surface area contributed by atoms with Crippen LogP contribution in [0.4, 0.5) is 17.1 Å². The quantitative estimate of drug-likeness (QED) is 0.785. The van der Waals surface area contributed by atoms with Gasteiger partial charge in [-0.2, -0.15) is 0 Å². The molecule has 2 aromatic carbocycles. The van der Waals surface area contributed by atoms with E-state index in [1.807, 2.05) is 56.3 Å². The predicted octanol–water partition coefficient (Wildman–Crippen LogP) is 3.81. The number of benzene rings is 2. The van der Waals surface area contributed by atoms with E-state index in [1.54, 1.807) is 0 Å². The van der Waals surface area contributed by atoms with Crippen LogP contribution in [-0.2, 0) is 0 Å². The van der Waals surface area contributed by atoms with Crippen LogP contribution in [-0.4, -0.2) is 13.2 Å². The van der Waals surface area contributed by atoms with Crippen molar-refractivity contribution in [2.24, 2.45) is 0 Å². The van der Waals surface area contributed by atoms with Gasteiger partial charge in [0.2, 0.25) is 0 Å². The van der Waals surface area contributed by atoms with Gasteiger partial charge < -0.3 is 20.5 Å². The van der Waals surface area contributed by atoms with Gasteiger partial charge in [-0.1, -0.05) is 12.1 Å². The third kappa shape index (κ3) is 3.35. The number of hydrogen-bond acceptors (Lipinski definition) is 4. The molecule has 0 amide bonds. The van der Waals surface area contributed by atoms with E-state index in [2.05, 4.69) is 5.32 Å². The minimum atomic E-state index is 0.591. The van der Waals surface area contributed by atoms with Gasteiger partial charge in [0.05, 0.1) is 24.6 Å². The molecule has 0 heterocycles.